The summed E-state index contributed by atoms with van der Waals surface area (Å²) < 4.78 is 0.586. The van der Waals surface area contributed by atoms with Crippen LogP contribution in [0.2, 0.25) is 0 Å². The SMILES string of the molecule is CCCC/C=C/CCCCCCCCCCCCCCCC[N+](CCC(C)C(=O)[O-])(CCC(C)C(=O)O)CCC(C)C(=O)O. The molecule has 7 nitrogen and oxygen atoms in total. The number of carbonyl (C=O) groups excluding carboxylic acids is 1. The van der Waals surface area contributed by atoms with Crippen molar-refractivity contribution in [2.75, 3.05) is 26.2 Å². The Morgan fingerprint density at radius 3 is 1.25 bits per heavy atom. The molecule has 0 radical (unpaired) electrons. The Labute approximate surface area is 270 Å². The highest BCUT2D eigenvalue weighted by Crippen LogP contribution is 2.22. The minimum absolute atomic E-state index is 0.446. The second kappa shape index (κ2) is 27.4. The van der Waals surface area contributed by atoms with Crippen molar-refractivity contribution in [1.82, 2.24) is 0 Å². The van der Waals surface area contributed by atoms with E-state index in [9.17, 15) is 29.7 Å². The van der Waals surface area contributed by atoms with Gasteiger partial charge in [0.05, 0.1) is 38.0 Å². The third kappa shape index (κ3) is 23.5. The number of unbranched alkanes of at least 4 members (excludes halogenated alkanes) is 16. The smallest absolute Gasteiger partial charge is 0.306 e. The molecule has 2 N–H and O–H groups in total. The summed E-state index contributed by atoms with van der Waals surface area (Å²) >= 11 is 0. The molecule has 3 atom stereocenters. The van der Waals surface area contributed by atoms with Gasteiger partial charge >= 0.3 is 11.9 Å². The summed E-state index contributed by atoms with van der Waals surface area (Å²) in [7, 11) is 0. The van der Waals surface area contributed by atoms with Crippen LogP contribution in [0.3, 0.4) is 0 Å². The summed E-state index contributed by atoms with van der Waals surface area (Å²) in [6, 6.07) is 0. The van der Waals surface area contributed by atoms with Crippen LogP contribution >= 0.6 is 0 Å². The van der Waals surface area contributed by atoms with Gasteiger partial charge in [-0.2, -0.15) is 0 Å². The highest BCUT2D eigenvalue weighted by atomic mass is 16.4. The fourth-order valence-electron chi connectivity index (χ4n) is 5.83. The van der Waals surface area contributed by atoms with E-state index in [0.717, 1.165) is 19.4 Å². The van der Waals surface area contributed by atoms with Gasteiger partial charge in [-0.1, -0.05) is 123 Å². The molecule has 3 unspecified atom stereocenters. The fraction of sp³-hybridized carbons (Fsp3) is 0.865. The Morgan fingerprint density at radius 2 is 0.886 bits per heavy atom. The van der Waals surface area contributed by atoms with Gasteiger partial charge in [0.1, 0.15) is 0 Å². The summed E-state index contributed by atoms with van der Waals surface area (Å²) in [5.74, 6) is -4.30. The van der Waals surface area contributed by atoms with Crippen LogP contribution in [0, 0.1) is 17.8 Å². The van der Waals surface area contributed by atoms with Gasteiger partial charge in [0.2, 0.25) is 0 Å². The summed E-state index contributed by atoms with van der Waals surface area (Å²) in [5.41, 5.74) is 0. The highest BCUT2D eigenvalue weighted by molar-refractivity contribution is 5.69. The lowest BCUT2D eigenvalue weighted by Crippen LogP contribution is -2.52. The van der Waals surface area contributed by atoms with E-state index in [2.05, 4.69) is 19.1 Å². The summed E-state index contributed by atoms with van der Waals surface area (Å²) in [4.78, 5) is 34.4. The average Bonchev–Trinajstić information content (AvgIpc) is 2.99. The van der Waals surface area contributed by atoms with Crippen LogP contribution in [0.25, 0.3) is 0 Å². The normalized spacial score (nSPS) is 15.2. The van der Waals surface area contributed by atoms with Gasteiger partial charge in [0.25, 0.3) is 0 Å². The molecule has 258 valence electrons. The van der Waals surface area contributed by atoms with Crippen molar-refractivity contribution in [1.29, 1.82) is 0 Å². The number of quaternary nitrogens is 1. The third-order valence-electron chi connectivity index (χ3n) is 9.50. The molecule has 0 spiro atoms. The predicted octanol–water partition coefficient (Wildman–Crippen LogP) is 8.40. The average molecular weight is 624 g/mol. The van der Waals surface area contributed by atoms with Gasteiger partial charge < -0.3 is 24.6 Å². The number of nitrogens with zero attached hydrogens (tertiary/aromatic N) is 1. The number of allylic oxidation sites excluding steroid dienone is 2. The van der Waals surface area contributed by atoms with Crippen LogP contribution in [0.5, 0.6) is 0 Å². The first kappa shape index (κ1) is 42.1. The maximum atomic E-state index is 11.5. The molecule has 0 heterocycles. The number of hydrogen-bond acceptors (Lipinski definition) is 4. The summed E-state index contributed by atoms with van der Waals surface area (Å²) in [6.07, 6.45) is 29.1. The first-order chi connectivity index (χ1) is 21.0. The van der Waals surface area contributed by atoms with Crippen molar-refractivity contribution in [3.8, 4) is 0 Å². The van der Waals surface area contributed by atoms with Gasteiger partial charge in [0, 0.05) is 31.1 Å². The van der Waals surface area contributed by atoms with E-state index in [0.29, 0.717) is 43.4 Å². The molecule has 0 aliphatic carbocycles. The monoisotopic (exact) mass is 624 g/mol. The molecule has 0 saturated carbocycles. The minimum atomic E-state index is -1.07. The number of hydrogen-bond donors (Lipinski definition) is 2. The Kier molecular flexibility index (Phi) is 26.2. The van der Waals surface area contributed by atoms with Crippen LogP contribution in [0.4, 0.5) is 0 Å². The zero-order chi connectivity index (χ0) is 33.1. The first-order valence-electron chi connectivity index (χ1n) is 18.2. The molecular formula is C37H69NO6. The van der Waals surface area contributed by atoms with E-state index in [1.165, 1.54) is 103 Å². The van der Waals surface area contributed by atoms with Gasteiger partial charge in [-0.05, 0) is 32.1 Å². The predicted molar refractivity (Wildman–Crippen MR) is 179 cm³/mol. The molecule has 0 aliphatic rings. The molecule has 44 heavy (non-hydrogen) atoms. The van der Waals surface area contributed by atoms with Crippen molar-refractivity contribution >= 4 is 17.9 Å². The van der Waals surface area contributed by atoms with E-state index in [1.54, 1.807) is 20.8 Å². The Hall–Kier alpha value is -1.89. The van der Waals surface area contributed by atoms with Gasteiger partial charge in [-0.15, -0.1) is 0 Å². The quantitative estimate of drug-likeness (QED) is 0.0442. The van der Waals surface area contributed by atoms with E-state index in [4.69, 9.17) is 0 Å². The number of carboxylic acid groups (broad SMARTS) is 3. The molecular weight excluding hydrogens is 554 g/mol. The van der Waals surface area contributed by atoms with Crippen molar-refractivity contribution in [2.24, 2.45) is 17.8 Å². The van der Waals surface area contributed by atoms with Gasteiger partial charge in [-0.3, -0.25) is 9.59 Å². The molecule has 0 fully saturated rings. The van der Waals surface area contributed by atoms with Crippen LogP contribution in [0.1, 0.15) is 163 Å². The second-order valence-corrected chi connectivity index (χ2v) is 13.7. The maximum Gasteiger partial charge on any atom is 0.306 e. The topological polar surface area (TPSA) is 115 Å². The molecule has 0 rings (SSSR count). The van der Waals surface area contributed by atoms with E-state index >= 15 is 0 Å². The fourth-order valence-corrected chi connectivity index (χ4v) is 5.83. The Morgan fingerprint density at radius 1 is 0.545 bits per heavy atom. The number of rotatable bonds is 32. The zero-order valence-electron chi connectivity index (χ0n) is 29.0. The third-order valence-corrected chi connectivity index (χ3v) is 9.50. The van der Waals surface area contributed by atoms with Crippen LogP contribution in [0.15, 0.2) is 12.2 Å². The van der Waals surface area contributed by atoms with E-state index in [-0.39, 0.29) is 0 Å². The van der Waals surface area contributed by atoms with Crippen LogP contribution in [-0.2, 0) is 14.4 Å². The molecule has 0 amide bonds. The Bertz CT molecular complexity index is 707. The largest absolute Gasteiger partial charge is 0.550 e. The minimum Gasteiger partial charge on any atom is -0.550 e. The van der Waals surface area contributed by atoms with Crippen LogP contribution in [-0.4, -0.2) is 58.8 Å². The maximum absolute atomic E-state index is 11.5. The highest BCUT2D eigenvalue weighted by Gasteiger charge is 2.30. The van der Waals surface area contributed by atoms with Gasteiger partial charge in [-0.25, -0.2) is 0 Å². The number of aliphatic carboxylic acids is 3. The molecule has 0 aromatic carbocycles. The van der Waals surface area contributed by atoms with Crippen molar-refractivity contribution < 1.29 is 34.2 Å². The molecule has 0 aromatic heterocycles. The summed E-state index contributed by atoms with van der Waals surface area (Å²) in [6.45, 7) is 9.97. The lowest BCUT2D eigenvalue weighted by molar-refractivity contribution is -0.929. The van der Waals surface area contributed by atoms with Crippen LogP contribution < -0.4 is 5.11 Å². The molecule has 0 aromatic rings. The number of carboxylic acids is 3. The molecule has 0 aliphatic heterocycles. The molecule has 0 saturated heterocycles. The van der Waals surface area contributed by atoms with Crippen molar-refractivity contribution in [2.45, 2.75) is 163 Å². The second-order valence-electron chi connectivity index (χ2n) is 13.7. The lowest BCUT2D eigenvalue weighted by atomic mass is 10.0. The van der Waals surface area contributed by atoms with E-state index in [1.807, 2.05) is 0 Å². The zero-order valence-corrected chi connectivity index (χ0v) is 29.0. The molecule has 7 heteroatoms. The standard InChI is InChI=1S/C37H69NO6/c1-5-6-7-8-9-10-11-12-13-14-15-16-17-18-19-20-21-22-23-24-28-38(29-25-32(2)35(39)40,30-26-33(3)36(41)42)31-27-34(4)37(43)44/h8-9,32-34H,5-7,10-31H2,1-4H3,(H2-,39,40,41,42,43,44)/b9-8+. The van der Waals surface area contributed by atoms with Crippen molar-refractivity contribution in [3.05, 3.63) is 12.2 Å². The van der Waals surface area contributed by atoms with E-state index < -0.39 is 35.7 Å². The van der Waals surface area contributed by atoms with Crippen molar-refractivity contribution in [3.63, 3.8) is 0 Å². The molecule has 0 bridgehead atoms. The summed E-state index contributed by atoms with van der Waals surface area (Å²) in [5, 5.41) is 30.3. The van der Waals surface area contributed by atoms with Gasteiger partial charge in [0.15, 0.2) is 0 Å². The number of carbonyl (C=O) groups is 3. The first-order valence-corrected chi connectivity index (χ1v) is 18.2. The Balaban J connectivity index is 4.38. The lowest BCUT2D eigenvalue weighted by Gasteiger charge is -2.41.